The molecule has 106 valence electrons. The molecule has 1 unspecified atom stereocenters. The Kier molecular flexibility index (Phi) is 4.59. The largest absolute Gasteiger partial charge is 0.495 e. The van der Waals surface area contributed by atoms with Crippen LogP contribution in [0.5, 0.6) is 5.75 Å². The minimum Gasteiger partial charge on any atom is -0.495 e. The number of piperidine rings is 1. The van der Waals surface area contributed by atoms with E-state index < -0.39 is 0 Å². The van der Waals surface area contributed by atoms with Crippen LogP contribution in [0.3, 0.4) is 0 Å². The van der Waals surface area contributed by atoms with Crippen LogP contribution in [0.2, 0.25) is 0 Å². The Bertz CT molecular complexity index is 549. The molecule has 1 aliphatic rings. The van der Waals surface area contributed by atoms with Crippen molar-refractivity contribution < 1.29 is 9.94 Å². The number of rotatable bonds is 3. The molecule has 1 fully saturated rings. The summed E-state index contributed by atoms with van der Waals surface area (Å²) >= 11 is 0. The number of oxime groups is 1. The maximum atomic E-state index is 8.98. The fraction of sp³-hybridized carbons (Fsp3) is 0.467. The monoisotopic (exact) mass is 273 g/mol. The number of likely N-dealkylation sites (tertiary alicyclic amines) is 1. The van der Waals surface area contributed by atoms with Gasteiger partial charge in [-0.25, -0.2) is 0 Å². The first-order valence-corrected chi connectivity index (χ1v) is 6.68. The van der Waals surface area contributed by atoms with E-state index in [0.717, 1.165) is 37.3 Å². The zero-order chi connectivity index (χ0) is 14.5. The minimum absolute atomic E-state index is 0.272. The zero-order valence-corrected chi connectivity index (χ0v) is 11.8. The van der Waals surface area contributed by atoms with Crippen molar-refractivity contribution in [3.63, 3.8) is 0 Å². The van der Waals surface area contributed by atoms with Crippen molar-refractivity contribution in [1.82, 2.24) is 4.90 Å². The Morgan fingerprint density at radius 3 is 2.95 bits per heavy atom. The lowest BCUT2D eigenvalue weighted by molar-refractivity contribution is 0.228. The van der Waals surface area contributed by atoms with Crippen molar-refractivity contribution in [3.8, 4) is 11.8 Å². The summed E-state index contributed by atoms with van der Waals surface area (Å²) in [5.74, 6) is 0.890. The summed E-state index contributed by atoms with van der Waals surface area (Å²) in [5.41, 5.74) is 2.55. The zero-order valence-electron chi connectivity index (χ0n) is 11.8. The molecule has 1 heterocycles. The van der Waals surface area contributed by atoms with E-state index in [1.165, 1.54) is 0 Å². The van der Waals surface area contributed by atoms with Gasteiger partial charge in [-0.2, -0.15) is 5.26 Å². The van der Waals surface area contributed by atoms with E-state index in [1.807, 2.05) is 12.1 Å². The molecule has 1 aliphatic heterocycles. The highest BCUT2D eigenvalue weighted by Gasteiger charge is 2.22. The number of hydrogen-bond donors (Lipinski definition) is 1. The van der Waals surface area contributed by atoms with Crippen LogP contribution in [0, 0.1) is 17.2 Å². The van der Waals surface area contributed by atoms with E-state index in [2.05, 4.69) is 23.0 Å². The van der Waals surface area contributed by atoms with Crippen molar-refractivity contribution in [3.05, 3.63) is 29.3 Å². The van der Waals surface area contributed by atoms with Gasteiger partial charge >= 0.3 is 0 Å². The van der Waals surface area contributed by atoms with Crippen LogP contribution in [0.15, 0.2) is 23.4 Å². The van der Waals surface area contributed by atoms with Crippen LogP contribution >= 0.6 is 0 Å². The molecule has 1 atom stereocenters. The first-order valence-electron chi connectivity index (χ1n) is 6.68. The molecule has 0 saturated carbocycles. The molecule has 1 aromatic carbocycles. The van der Waals surface area contributed by atoms with Gasteiger partial charge in [-0.1, -0.05) is 18.1 Å². The van der Waals surface area contributed by atoms with Crippen molar-refractivity contribution >= 4 is 5.71 Å². The third kappa shape index (κ3) is 3.09. The van der Waals surface area contributed by atoms with Crippen LogP contribution in [-0.2, 0) is 6.54 Å². The smallest absolute Gasteiger partial charge is 0.136 e. The lowest BCUT2D eigenvalue weighted by atomic mass is 9.97. The molecule has 0 aliphatic carbocycles. The van der Waals surface area contributed by atoms with Gasteiger partial charge in [0.05, 0.1) is 18.4 Å². The van der Waals surface area contributed by atoms with Crippen molar-refractivity contribution in [2.75, 3.05) is 20.2 Å². The van der Waals surface area contributed by atoms with Gasteiger partial charge in [-0.15, -0.1) is 0 Å². The molecule has 1 aromatic rings. The predicted octanol–water partition coefficient (Wildman–Crippen LogP) is 2.24. The first-order chi connectivity index (χ1) is 9.67. The second kappa shape index (κ2) is 6.40. The Hall–Kier alpha value is -2.06. The van der Waals surface area contributed by atoms with E-state index in [0.29, 0.717) is 11.3 Å². The SMILES string of the molecule is COc1cc(CN2CC/C(=N/O)C(C)C2)ccc1C#N. The molecule has 0 amide bonds. The molecule has 0 radical (unpaired) electrons. The van der Waals surface area contributed by atoms with Crippen LogP contribution in [-0.4, -0.2) is 36.0 Å². The molecule has 5 nitrogen and oxygen atoms in total. The summed E-state index contributed by atoms with van der Waals surface area (Å²) in [6.07, 6.45) is 0.797. The Balaban J connectivity index is 2.06. The highest BCUT2D eigenvalue weighted by atomic mass is 16.5. The summed E-state index contributed by atoms with van der Waals surface area (Å²) < 4.78 is 5.23. The van der Waals surface area contributed by atoms with Gasteiger partial charge in [0.25, 0.3) is 0 Å². The molecule has 2 rings (SSSR count). The standard InChI is InChI=1S/C15H19N3O2/c1-11-9-18(6-5-14(11)17-19)10-12-3-4-13(8-16)15(7-12)20-2/h3-4,7,11,19H,5-6,9-10H2,1-2H3/b17-14-. The van der Waals surface area contributed by atoms with Crippen molar-refractivity contribution in [2.24, 2.45) is 11.1 Å². The average Bonchev–Trinajstić information content (AvgIpc) is 2.47. The normalized spacial score (nSPS) is 21.6. The van der Waals surface area contributed by atoms with Gasteiger partial charge in [-0.05, 0) is 17.7 Å². The maximum Gasteiger partial charge on any atom is 0.136 e. The number of methoxy groups -OCH3 is 1. The highest BCUT2D eigenvalue weighted by molar-refractivity contribution is 5.86. The lowest BCUT2D eigenvalue weighted by Crippen LogP contribution is -2.39. The summed E-state index contributed by atoms with van der Waals surface area (Å²) in [6.45, 7) is 4.64. The van der Waals surface area contributed by atoms with E-state index in [9.17, 15) is 0 Å². The molecular weight excluding hydrogens is 254 g/mol. The van der Waals surface area contributed by atoms with Crippen LogP contribution in [0.25, 0.3) is 0 Å². The second-order valence-electron chi connectivity index (χ2n) is 5.12. The molecule has 0 bridgehead atoms. The second-order valence-corrected chi connectivity index (χ2v) is 5.12. The number of ether oxygens (including phenoxy) is 1. The van der Waals surface area contributed by atoms with Crippen LogP contribution in [0.4, 0.5) is 0 Å². The molecular formula is C15H19N3O2. The topological polar surface area (TPSA) is 68.8 Å². The van der Waals surface area contributed by atoms with Crippen molar-refractivity contribution in [2.45, 2.75) is 19.9 Å². The molecule has 20 heavy (non-hydrogen) atoms. The highest BCUT2D eigenvalue weighted by Crippen LogP contribution is 2.22. The Morgan fingerprint density at radius 2 is 2.35 bits per heavy atom. The maximum absolute atomic E-state index is 8.98. The number of nitrogens with zero attached hydrogens (tertiary/aromatic N) is 3. The fourth-order valence-corrected chi connectivity index (χ4v) is 2.58. The fourth-order valence-electron chi connectivity index (χ4n) is 2.58. The quantitative estimate of drug-likeness (QED) is 0.677. The van der Waals surface area contributed by atoms with Gasteiger partial charge in [0.2, 0.25) is 0 Å². The number of benzene rings is 1. The van der Waals surface area contributed by atoms with Gasteiger partial charge in [-0.3, -0.25) is 4.90 Å². The predicted molar refractivity (Wildman–Crippen MR) is 76.0 cm³/mol. The van der Waals surface area contributed by atoms with E-state index in [-0.39, 0.29) is 5.92 Å². The summed E-state index contributed by atoms with van der Waals surface area (Å²) in [5, 5.41) is 21.2. The first kappa shape index (κ1) is 14.4. The van der Waals surface area contributed by atoms with Crippen LogP contribution < -0.4 is 4.74 Å². The summed E-state index contributed by atoms with van der Waals surface area (Å²) in [4.78, 5) is 2.32. The lowest BCUT2D eigenvalue weighted by Gasteiger charge is -2.31. The average molecular weight is 273 g/mol. The summed E-state index contributed by atoms with van der Waals surface area (Å²) in [7, 11) is 1.58. The van der Waals surface area contributed by atoms with E-state index in [4.69, 9.17) is 15.2 Å². The molecule has 1 saturated heterocycles. The third-order valence-electron chi connectivity index (χ3n) is 3.71. The molecule has 0 spiro atoms. The van der Waals surface area contributed by atoms with Gasteiger partial charge in [0.1, 0.15) is 11.8 Å². The third-order valence-corrected chi connectivity index (χ3v) is 3.71. The Morgan fingerprint density at radius 1 is 1.55 bits per heavy atom. The summed E-state index contributed by atoms with van der Waals surface area (Å²) in [6, 6.07) is 7.78. The Labute approximate surface area is 119 Å². The van der Waals surface area contributed by atoms with Gasteiger partial charge in [0, 0.05) is 32.0 Å². The molecule has 5 heteroatoms. The van der Waals surface area contributed by atoms with Crippen molar-refractivity contribution in [1.29, 1.82) is 5.26 Å². The van der Waals surface area contributed by atoms with Gasteiger partial charge in [0.15, 0.2) is 0 Å². The molecule has 1 N–H and O–H groups in total. The van der Waals surface area contributed by atoms with E-state index in [1.54, 1.807) is 13.2 Å². The van der Waals surface area contributed by atoms with Gasteiger partial charge < -0.3 is 9.94 Å². The number of nitriles is 1. The number of hydrogen-bond acceptors (Lipinski definition) is 5. The van der Waals surface area contributed by atoms with E-state index >= 15 is 0 Å². The molecule has 0 aromatic heterocycles. The van der Waals surface area contributed by atoms with Crippen LogP contribution in [0.1, 0.15) is 24.5 Å². The minimum atomic E-state index is 0.272.